The first-order chi connectivity index (χ1) is 26.7. The number of rotatable bonds is 12. The van der Waals surface area contributed by atoms with E-state index in [0.717, 1.165) is 63.4 Å². The van der Waals surface area contributed by atoms with E-state index in [-0.39, 0.29) is 46.0 Å². The predicted molar refractivity (Wildman–Crippen MR) is 223 cm³/mol. The molecule has 0 radical (unpaired) electrons. The van der Waals surface area contributed by atoms with E-state index in [1.165, 1.54) is 5.57 Å². The normalized spacial score (nSPS) is 33.0. The summed E-state index contributed by atoms with van der Waals surface area (Å²) < 4.78 is 6.17. The first-order valence-corrected chi connectivity index (χ1v) is 22.1. The molecule has 8 unspecified atom stereocenters. The van der Waals surface area contributed by atoms with Crippen molar-refractivity contribution in [2.24, 2.45) is 56.7 Å². The molecule has 4 fully saturated rings. The van der Waals surface area contributed by atoms with Crippen molar-refractivity contribution in [3.8, 4) is 0 Å². The van der Waals surface area contributed by atoms with Crippen molar-refractivity contribution in [2.45, 2.75) is 153 Å². The van der Waals surface area contributed by atoms with Crippen LogP contribution in [0.15, 0.2) is 29.6 Å². The van der Waals surface area contributed by atoms with Gasteiger partial charge in [0.1, 0.15) is 11.9 Å². The predicted octanol–water partition coefficient (Wildman–Crippen LogP) is 8.79. The first kappa shape index (κ1) is 45.0. The van der Waals surface area contributed by atoms with Gasteiger partial charge in [0.15, 0.2) is 5.78 Å². The highest BCUT2D eigenvalue weighted by atomic mass is 16.5. The van der Waals surface area contributed by atoms with Crippen LogP contribution in [0.1, 0.15) is 146 Å². The summed E-state index contributed by atoms with van der Waals surface area (Å²) in [6.07, 6.45) is 12.6. The number of allylic oxidation sites excluding steroid dienone is 2. The quantitative estimate of drug-likeness (QED) is 0.207. The standard InChI is InChI=1S/C45H68N4O6.C2H6/c1-28(2)38-31(50)24-45(20-23-49(36(51)27-48(9)10)26-35-46-21-11-22-47-35)19-14-30-29(39(38)45)12-13-33-43(30,7)17-15-32-42(5,6)34(16-18-44(32,33)8)55-37(52)25-41(3,4)40(53)54;1-2/h11,21-22,28-30,32-34H,12-20,23-27H2,1-10H3,(H,53,54);1-2H3. The Kier molecular flexibility index (Phi) is 13.3. The number of amides is 1. The van der Waals surface area contributed by atoms with Gasteiger partial charge in [-0.25, -0.2) is 9.97 Å². The van der Waals surface area contributed by atoms with E-state index in [0.29, 0.717) is 61.3 Å². The average molecular weight is 791 g/mol. The van der Waals surface area contributed by atoms with Crippen LogP contribution in [0.5, 0.6) is 0 Å². The van der Waals surface area contributed by atoms with Gasteiger partial charge < -0.3 is 19.6 Å². The summed E-state index contributed by atoms with van der Waals surface area (Å²) in [5.41, 5.74) is 1.10. The Labute approximate surface area is 343 Å². The number of fused-ring (bicyclic) bond motifs is 7. The lowest BCUT2D eigenvalue weighted by molar-refractivity contribution is -0.214. The van der Waals surface area contributed by atoms with Gasteiger partial charge in [-0.15, -0.1) is 0 Å². The van der Waals surface area contributed by atoms with Crippen LogP contribution in [0.25, 0.3) is 0 Å². The van der Waals surface area contributed by atoms with Gasteiger partial charge in [0.2, 0.25) is 5.91 Å². The molecule has 0 aromatic carbocycles. The fraction of sp³-hybridized carbons (Fsp3) is 0.787. The van der Waals surface area contributed by atoms with Gasteiger partial charge in [0.25, 0.3) is 0 Å². The van der Waals surface area contributed by atoms with Gasteiger partial charge in [0.05, 0.1) is 24.9 Å². The molecule has 4 saturated carbocycles. The second-order valence-corrected chi connectivity index (χ2v) is 20.5. The molecule has 57 heavy (non-hydrogen) atoms. The second kappa shape index (κ2) is 16.8. The summed E-state index contributed by atoms with van der Waals surface area (Å²) in [5.74, 6) is 1.52. The van der Waals surface area contributed by atoms with Crippen molar-refractivity contribution in [1.82, 2.24) is 19.8 Å². The first-order valence-electron chi connectivity index (χ1n) is 22.1. The minimum absolute atomic E-state index is 0.0519. The zero-order valence-corrected chi connectivity index (χ0v) is 37.4. The van der Waals surface area contributed by atoms with Crippen molar-refractivity contribution >= 4 is 23.6 Å². The number of likely N-dealkylation sites (N-methyl/N-ethyl adjacent to an activating group) is 1. The number of esters is 1. The lowest BCUT2D eigenvalue weighted by Crippen LogP contribution is -2.63. The molecular weight excluding hydrogens is 717 g/mol. The van der Waals surface area contributed by atoms with Crippen LogP contribution in [0.3, 0.4) is 0 Å². The number of aliphatic carboxylic acids is 1. The summed E-state index contributed by atoms with van der Waals surface area (Å²) in [6.45, 7) is 22.4. The fourth-order valence-electron chi connectivity index (χ4n) is 13.2. The maximum absolute atomic E-state index is 14.1. The number of hydrogen-bond donors (Lipinski definition) is 1. The zero-order valence-electron chi connectivity index (χ0n) is 37.4. The topological polar surface area (TPSA) is 130 Å². The Hall–Kier alpha value is -3.14. The van der Waals surface area contributed by atoms with Gasteiger partial charge in [0, 0.05) is 36.2 Å². The minimum Gasteiger partial charge on any atom is -0.481 e. The Morgan fingerprint density at radius 3 is 2.19 bits per heavy atom. The molecule has 1 aromatic heterocycles. The molecule has 318 valence electrons. The van der Waals surface area contributed by atoms with E-state index in [2.05, 4.69) is 51.5 Å². The van der Waals surface area contributed by atoms with Gasteiger partial charge in [-0.05, 0) is 138 Å². The molecule has 8 atom stereocenters. The number of carbonyl (C=O) groups is 4. The molecule has 1 N–H and O–H groups in total. The fourth-order valence-corrected chi connectivity index (χ4v) is 13.2. The number of ketones is 1. The largest absolute Gasteiger partial charge is 0.481 e. The van der Waals surface area contributed by atoms with Crippen LogP contribution in [-0.4, -0.2) is 81.8 Å². The van der Waals surface area contributed by atoms with Gasteiger partial charge in [-0.3, -0.25) is 19.2 Å². The van der Waals surface area contributed by atoms with Crippen molar-refractivity contribution < 1.29 is 29.0 Å². The number of hydrogen-bond acceptors (Lipinski definition) is 8. The Balaban J connectivity index is 0.00000305. The molecule has 10 heteroatoms. The molecule has 0 aliphatic heterocycles. The third kappa shape index (κ3) is 8.36. The minimum atomic E-state index is -1.16. The van der Waals surface area contributed by atoms with Gasteiger partial charge in [-0.2, -0.15) is 0 Å². The number of carboxylic acid groups (broad SMARTS) is 1. The average Bonchev–Trinajstić information content (AvgIpc) is 3.44. The SMILES string of the molecule is CC.CC(C)C1=C2C3CCC4C(C)(CCC5C(C)(C)C(OC(=O)CC(C)(C)C(=O)O)CCC54C)C3CCC2(CCN(Cc2ncccn2)C(=O)CN(C)C)CC1=O. The molecule has 1 amide bonds. The third-order valence-corrected chi connectivity index (χ3v) is 15.7. The molecule has 5 aliphatic carbocycles. The van der Waals surface area contributed by atoms with E-state index in [1.54, 1.807) is 32.3 Å². The molecule has 0 bridgehead atoms. The van der Waals surface area contributed by atoms with E-state index < -0.39 is 17.4 Å². The van der Waals surface area contributed by atoms with Crippen molar-refractivity contribution in [3.05, 3.63) is 35.4 Å². The molecule has 1 heterocycles. The van der Waals surface area contributed by atoms with Crippen LogP contribution in [0, 0.1) is 56.7 Å². The van der Waals surface area contributed by atoms with Gasteiger partial charge in [-0.1, -0.05) is 61.0 Å². The smallest absolute Gasteiger partial charge is 0.309 e. The number of ether oxygens (including phenoxy) is 1. The molecule has 0 spiro atoms. The molecule has 6 rings (SSSR count). The summed E-state index contributed by atoms with van der Waals surface area (Å²) >= 11 is 0. The maximum atomic E-state index is 14.1. The number of Topliss-reactive ketones (excluding diaryl/α,β-unsaturated/α-hetero) is 1. The lowest BCUT2D eigenvalue weighted by atomic mass is 9.36. The maximum Gasteiger partial charge on any atom is 0.309 e. The highest BCUT2D eigenvalue weighted by Crippen LogP contribution is 2.73. The van der Waals surface area contributed by atoms with E-state index in [9.17, 15) is 24.3 Å². The van der Waals surface area contributed by atoms with Crippen molar-refractivity contribution in [1.29, 1.82) is 0 Å². The summed E-state index contributed by atoms with van der Waals surface area (Å²) in [7, 11) is 3.83. The Morgan fingerprint density at radius 2 is 1.58 bits per heavy atom. The molecule has 5 aliphatic rings. The van der Waals surface area contributed by atoms with Crippen molar-refractivity contribution in [2.75, 3.05) is 27.2 Å². The van der Waals surface area contributed by atoms with Crippen LogP contribution in [0.2, 0.25) is 0 Å². The van der Waals surface area contributed by atoms with Gasteiger partial charge >= 0.3 is 11.9 Å². The summed E-state index contributed by atoms with van der Waals surface area (Å²) in [5, 5.41) is 9.62. The number of carbonyl (C=O) groups excluding carboxylic acids is 3. The molecule has 10 nitrogen and oxygen atoms in total. The number of aromatic nitrogens is 2. The second-order valence-electron chi connectivity index (χ2n) is 20.5. The van der Waals surface area contributed by atoms with Crippen LogP contribution < -0.4 is 0 Å². The summed E-state index contributed by atoms with van der Waals surface area (Å²) in [4.78, 5) is 65.3. The monoisotopic (exact) mass is 791 g/mol. The van der Waals surface area contributed by atoms with Crippen LogP contribution >= 0.6 is 0 Å². The number of nitrogens with zero attached hydrogens (tertiary/aromatic N) is 4. The number of carboxylic acids is 1. The lowest BCUT2D eigenvalue weighted by Gasteiger charge is -2.69. The van der Waals surface area contributed by atoms with E-state index in [1.807, 2.05) is 37.7 Å². The molecule has 1 aromatic rings. The third-order valence-electron chi connectivity index (χ3n) is 15.7. The molecule has 0 saturated heterocycles. The van der Waals surface area contributed by atoms with Crippen molar-refractivity contribution in [3.63, 3.8) is 0 Å². The Morgan fingerprint density at radius 1 is 0.930 bits per heavy atom. The van der Waals surface area contributed by atoms with E-state index in [4.69, 9.17) is 4.74 Å². The highest BCUT2D eigenvalue weighted by molar-refractivity contribution is 6.00. The Bertz CT molecular complexity index is 1690. The van der Waals surface area contributed by atoms with E-state index >= 15 is 0 Å². The van der Waals surface area contributed by atoms with Crippen LogP contribution in [-0.2, 0) is 30.5 Å². The van der Waals surface area contributed by atoms with Crippen LogP contribution in [0.4, 0.5) is 0 Å². The molecular formula is C47H74N4O6. The highest BCUT2D eigenvalue weighted by Gasteiger charge is 2.66. The zero-order chi connectivity index (χ0) is 42.3. The summed E-state index contributed by atoms with van der Waals surface area (Å²) in [6, 6.07) is 1.79.